The third-order valence-electron chi connectivity index (χ3n) is 4.39. The molecule has 1 amide bonds. The minimum absolute atomic E-state index is 0.0539. The average Bonchev–Trinajstić information content (AvgIpc) is 2.71. The van der Waals surface area contributed by atoms with E-state index in [0.29, 0.717) is 21.4 Å². The van der Waals surface area contributed by atoms with Crippen molar-refractivity contribution in [2.24, 2.45) is 0 Å². The molecule has 0 aromatic heterocycles. The highest BCUT2D eigenvalue weighted by atomic mass is 35.5. The van der Waals surface area contributed by atoms with Crippen molar-refractivity contribution >= 4 is 35.1 Å². The molecule has 0 radical (unpaired) electrons. The van der Waals surface area contributed by atoms with Gasteiger partial charge in [-0.3, -0.25) is 14.6 Å². The normalized spacial score (nSPS) is 11.7. The standard InChI is InChI=1S/C22H26Cl2N2O4/c1-5-29-22(28)15(3)25-26(4)20(27)12-17-18(23)10-11-19(24)21(17)30-13-16-8-6-14(2)7-9-16/h6-11,15,25H,5,12-13H2,1-4H3/t15-/m1/s1. The maximum absolute atomic E-state index is 12.7. The quantitative estimate of drug-likeness (QED) is 0.452. The van der Waals surface area contributed by atoms with Crippen molar-refractivity contribution in [1.82, 2.24) is 10.4 Å². The first-order chi connectivity index (χ1) is 14.2. The van der Waals surface area contributed by atoms with E-state index in [2.05, 4.69) is 5.43 Å². The van der Waals surface area contributed by atoms with Crippen LogP contribution in [-0.2, 0) is 27.4 Å². The van der Waals surface area contributed by atoms with Crippen LogP contribution in [-0.4, -0.2) is 36.6 Å². The summed E-state index contributed by atoms with van der Waals surface area (Å²) in [6.45, 7) is 5.90. The summed E-state index contributed by atoms with van der Waals surface area (Å²) in [6.07, 6.45) is -0.0539. The first kappa shape index (κ1) is 24.0. The molecule has 1 atom stereocenters. The molecule has 0 saturated carbocycles. The first-order valence-corrected chi connectivity index (χ1v) is 10.3. The van der Waals surface area contributed by atoms with Crippen LogP contribution in [0.5, 0.6) is 5.75 Å². The maximum Gasteiger partial charge on any atom is 0.324 e. The van der Waals surface area contributed by atoms with Gasteiger partial charge in [0.1, 0.15) is 18.4 Å². The van der Waals surface area contributed by atoms with Gasteiger partial charge in [-0.25, -0.2) is 5.43 Å². The number of amides is 1. The second-order valence-electron chi connectivity index (χ2n) is 6.84. The summed E-state index contributed by atoms with van der Waals surface area (Å²) in [4.78, 5) is 24.5. The molecule has 0 heterocycles. The van der Waals surface area contributed by atoms with Crippen molar-refractivity contribution in [1.29, 1.82) is 0 Å². The van der Waals surface area contributed by atoms with Crippen LogP contribution >= 0.6 is 23.2 Å². The van der Waals surface area contributed by atoms with Crippen LogP contribution in [0.2, 0.25) is 10.0 Å². The van der Waals surface area contributed by atoms with Crippen molar-refractivity contribution in [2.45, 2.75) is 39.8 Å². The van der Waals surface area contributed by atoms with E-state index in [1.165, 1.54) is 12.1 Å². The number of ether oxygens (including phenoxy) is 2. The summed E-state index contributed by atoms with van der Waals surface area (Å²) >= 11 is 12.7. The second-order valence-corrected chi connectivity index (χ2v) is 7.66. The number of hydrogen-bond acceptors (Lipinski definition) is 5. The summed E-state index contributed by atoms with van der Waals surface area (Å²) in [6, 6.07) is 10.5. The molecule has 2 aromatic carbocycles. The van der Waals surface area contributed by atoms with Gasteiger partial charge in [-0.1, -0.05) is 53.0 Å². The number of nitrogens with one attached hydrogen (secondary N) is 1. The van der Waals surface area contributed by atoms with Crippen LogP contribution in [0, 0.1) is 6.92 Å². The van der Waals surface area contributed by atoms with Crippen LogP contribution in [0.1, 0.15) is 30.5 Å². The lowest BCUT2D eigenvalue weighted by molar-refractivity contribution is -0.148. The van der Waals surface area contributed by atoms with Gasteiger partial charge in [-0.2, -0.15) is 0 Å². The van der Waals surface area contributed by atoms with Crippen molar-refractivity contribution in [3.63, 3.8) is 0 Å². The second kappa shape index (κ2) is 11.2. The fraction of sp³-hybridized carbons (Fsp3) is 0.364. The van der Waals surface area contributed by atoms with Gasteiger partial charge in [0, 0.05) is 17.6 Å². The Morgan fingerprint density at radius 1 is 1.10 bits per heavy atom. The SMILES string of the molecule is CCOC(=O)[C@@H](C)NN(C)C(=O)Cc1c(Cl)ccc(Cl)c1OCc1ccc(C)cc1. The number of hydrogen-bond donors (Lipinski definition) is 1. The predicted octanol–water partition coefficient (Wildman–Crippen LogP) is 4.34. The monoisotopic (exact) mass is 452 g/mol. The van der Waals surface area contributed by atoms with Crippen molar-refractivity contribution in [3.8, 4) is 5.75 Å². The zero-order valence-electron chi connectivity index (χ0n) is 17.5. The van der Waals surface area contributed by atoms with E-state index in [-0.39, 0.29) is 25.5 Å². The Labute approximate surface area is 187 Å². The lowest BCUT2D eigenvalue weighted by Crippen LogP contribution is -2.48. The summed E-state index contributed by atoms with van der Waals surface area (Å²) in [5, 5.41) is 1.98. The fourth-order valence-electron chi connectivity index (χ4n) is 2.69. The summed E-state index contributed by atoms with van der Waals surface area (Å²) < 4.78 is 10.9. The topological polar surface area (TPSA) is 67.9 Å². The molecule has 0 aliphatic carbocycles. The Bertz CT molecular complexity index is 887. The van der Waals surface area contributed by atoms with E-state index < -0.39 is 12.0 Å². The van der Waals surface area contributed by atoms with Crippen molar-refractivity contribution < 1.29 is 19.1 Å². The van der Waals surface area contributed by atoms with Crippen molar-refractivity contribution in [3.05, 3.63) is 63.1 Å². The van der Waals surface area contributed by atoms with Gasteiger partial charge in [0.05, 0.1) is 18.1 Å². The largest absolute Gasteiger partial charge is 0.487 e. The molecule has 8 heteroatoms. The van der Waals surface area contributed by atoms with Crippen molar-refractivity contribution in [2.75, 3.05) is 13.7 Å². The molecule has 2 aromatic rings. The number of hydrazine groups is 1. The zero-order chi connectivity index (χ0) is 22.3. The van der Waals surface area contributed by atoms with Gasteiger partial charge in [-0.05, 0) is 38.5 Å². The molecule has 0 aliphatic rings. The van der Waals surface area contributed by atoms with E-state index in [1.54, 1.807) is 26.0 Å². The van der Waals surface area contributed by atoms with E-state index in [1.807, 2.05) is 31.2 Å². The molecular weight excluding hydrogens is 427 g/mol. The summed E-state index contributed by atoms with van der Waals surface area (Å²) in [5.74, 6) is -0.388. The molecule has 0 spiro atoms. The average molecular weight is 453 g/mol. The number of benzene rings is 2. The van der Waals surface area contributed by atoms with Gasteiger partial charge < -0.3 is 9.47 Å². The number of esters is 1. The highest BCUT2D eigenvalue weighted by Gasteiger charge is 2.22. The van der Waals surface area contributed by atoms with E-state index in [4.69, 9.17) is 32.7 Å². The Hall–Kier alpha value is -2.28. The molecule has 1 N–H and O–H groups in total. The zero-order valence-corrected chi connectivity index (χ0v) is 19.0. The number of rotatable bonds is 9. The Morgan fingerprint density at radius 2 is 1.73 bits per heavy atom. The number of carbonyl (C=O) groups excluding carboxylic acids is 2. The molecule has 162 valence electrons. The van der Waals surface area contributed by atoms with Gasteiger partial charge in [0.2, 0.25) is 5.91 Å². The minimum Gasteiger partial charge on any atom is -0.487 e. The molecule has 0 saturated heterocycles. The number of aryl methyl sites for hydroxylation is 1. The fourth-order valence-corrected chi connectivity index (χ4v) is 3.14. The van der Waals surface area contributed by atoms with Crippen LogP contribution < -0.4 is 10.2 Å². The lowest BCUT2D eigenvalue weighted by Gasteiger charge is -2.23. The van der Waals surface area contributed by atoms with E-state index in [9.17, 15) is 9.59 Å². The molecule has 0 bridgehead atoms. The number of halogens is 2. The van der Waals surface area contributed by atoms with Gasteiger partial charge in [0.25, 0.3) is 0 Å². The third kappa shape index (κ3) is 6.62. The van der Waals surface area contributed by atoms with Crippen LogP contribution in [0.3, 0.4) is 0 Å². The number of carbonyl (C=O) groups is 2. The molecule has 0 unspecified atom stereocenters. The van der Waals surface area contributed by atoms with Gasteiger partial charge in [-0.15, -0.1) is 0 Å². The molecule has 2 rings (SSSR count). The Balaban J connectivity index is 2.12. The van der Waals surface area contributed by atoms with Gasteiger partial charge >= 0.3 is 5.97 Å². The lowest BCUT2D eigenvalue weighted by atomic mass is 10.1. The van der Waals surface area contributed by atoms with Gasteiger partial charge in [0.15, 0.2) is 0 Å². The molecule has 30 heavy (non-hydrogen) atoms. The Morgan fingerprint density at radius 3 is 2.37 bits per heavy atom. The predicted molar refractivity (Wildman–Crippen MR) is 118 cm³/mol. The van der Waals surface area contributed by atoms with E-state index in [0.717, 1.165) is 11.1 Å². The van der Waals surface area contributed by atoms with Crippen LogP contribution in [0.4, 0.5) is 0 Å². The smallest absolute Gasteiger partial charge is 0.324 e. The highest BCUT2D eigenvalue weighted by molar-refractivity contribution is 6.35. The van der Waals surface area contributed by atoms with E-state index >= 15 is 0 Å². The molecule has 0 fully saturated rings. The van der Waals surface area contributed by atoms with Crippen LogP contribution in [0.15, 0.2) is 36.4 Å². The summed E-state index contributed by atoms with van der Waals surface area (Å²) in [5.41, 5.74) is 5.40. The molecule has 6 nitrogen and oxygen atoms in total. The minimum atomic E-state index is -0.675. The highest BCUT2D eigenvalue weighted by Crippen LogP contribution is 2.35. The Kier molecular flexibility index (Phi) is 8.96. The summed E-state index contributed by atoms with van der Waals surface area (Å²) in [7, 11) is 1.53. The number of likely N-dealkylation sites (N-methyl/N-ethyl adjacent to an activating group) is 1. The first-order valence-electron chi connectivity index (χ1n) is 9.57. The number of nitrogens with zero attached hydrogens (tertiary/aromatic N) is 1. The van der Waals surface area contributed by atoms with Crippen LogP contribution in [0.25, 0.3) is 0 Å². The third-order valence-corrected chi connectivity index (χ3v) is 5.04. The molecular formula is C22H26Cl2N2O4. The maximum atomic E-state index is 12.7. The molecule has 0 aliphatic heterocycles.